The molecule has 0 radical (unpaired) electrons. The van der Waals surface area contributed by atoms with E-state index in [0.29, 0.717) is 5.57 Å². The lowest BCUT2D eigenvalue weighted by Crippen LogP contribution is -2.19. The second-order valence-electron chi connectivity index (χ2n) is 1.93. The predicted molar refractivity (Wildman–Crippen MR) is 32.9 cm³/mol. The van der Waals surface area contributed by atoms with E-state index in [1.54, 1.807) is 0 Å². The summed E-state index contributed by atoms with van der Waals surface area (Å²) in [5, 5.41) is 2.13. The minimum atomic E-state index is -0.355. The summed E-state index contributed by atoms with van der Waals surface area (Å²) in [4.78, 5) is 21.2. The Balaban J connectivity index is 2.72. The number of ether oxygens (including phenoxy) is 1. The summed E-state index contributed by atoms with van der Waals surface area (Å²) in [6, 6.07) is 0. The van der Waals surface area contributed by atoms with Gasteiger partial charge in [-0.25, -0.2) is 0 Å². The van der Waals surface area contributed by atoms with E-state index in [1.807, 2.05) is 0 Å². The molecule has 0 aromatic rings. The molecule has 0 aliphatic carbocycles. The van der Waals surface area contributed by atoms with E-state index < -0.39 is 0 Å². The molecule has 1 heterocycles. The van der Waals surface area contributed by atoms with Crippen molar-refractivity contribution in [2.45, 2.75) is 6.42 Å². The third-order valence-corrected chi connectivity index (χ3v) is 1.16. The van der Waals surface area contributed by atoms with E-state index in [2.05, 4.69) is 10.1 Å². The molecule has 1 saturated heterocycles. The SMILES string of the molecule is COC=C1CC(=O)NC1=O. The standard InChI is InChI=1S/C6H7NO3/c1-10-3-4-2-5(8)7-6(4)9/h3H,2H2,1H3,(H,7,8,9). The second-order valence-corrected chi connectivity index (χ2v) is 1.93. The molecule has 0 bridgehead atoms. The van der Waals surface area contributed by atoms with Crippen LogP contribution in [0.25, 0.3) is 0 Å². The van der Waals surface area contributed by atoms with Crippen LogP contribution in [0.1, 0.15) is 6.42 Å². The fraction of sp³-hybridized carbons (Fsp3) is 0.333. The predicted octanol–water partition coefficient (Wildman–Crippen LogP) is -0.437. The van der Waals surface area contributed by atoms with Gasteiger partial charge in [0.05, 0.1) is 25.4 Å². The van der Waals surface area contributed by atoms with Crippen LogP contribution in [0, 0.1) is 0 Å². The first kappa shape index (κ1) is 6.80. The van der Waals surface area contributed by atoms with Crippen molar-refractivity contribution in [3.63, 3.8) is 0 Å². The molecule has 4 heteroatoms. The number of amides is 2. The molecule has 0 spiro atoms. The largest absolute Gasteiger partial charge is 0.504 e. The molecule has 1 fully saturated rings. The summed E-state index contributed by atoms with van der Waals surface area (Å²) in [5.74, 6) is -0.625. The van der Waals surface area contributed by atoms with Crippen molar-refractivity contribution < 1.29 is 14.3 Å². The zero-order valence-corrected chi connectivity index (χ0v) is 5.51. The third-order valence-electron chi connectivity index (χ3n) is 1.16. The summed E-state index contributed by atoms with van der Waals surface area (Å²) in [5.41, 5.74) is 0.382. The van der Waals surface area contributed by atoms with Crippen LogP contribution in [-0.2, 0) is 14.3 Å². The van der Waals surface area contributed by atoms with Gasteiger partial charge in [0.2, 0.25) is 5.91 Å². The molecule has 0 unspecified atom stereocenters. The number of nitrogens with one attached hydrogen (secondary N) is 1. The summed E-state index contributed by atoms with van der Waals surface area (Å²) >= 11 is 0. The normalized spacial score (nSPS) is 21.5. The van der Waals surface area contributed by atoms with E-state index in [9.17, 15) is 9.59 Å². The fourth-order valence-electron chi connectivity index (χ4n) is 0.742. The summed E-state index contributed by atoms with van der Waals surface area (Å²) in [6.07, 6.45) is 1.41. The zero-order chi connectivity index (χ0) is 7.56. The maximum Gasteiger partial charge on any atom is 0.257 e. The van der Waals surface area contributed by atoms with E-state index in [-0.39, 0.29) is 18.2 Å². The molecule has 0 saturated carbocycles. The van der Waals surface area contributed by atoms with Crippen LogP contribution < -0.4 is 5.32 Å². The number of imide groups is 1. The van der Waals surface area contributed by atoms with Crippen molar-refractivity contribution in [2.24, 2.45) is 0 Å². The highest BCUT2D eigenvalue weighted by Crippen LogP contribution is 2.07. The van der Waals surface area contributed by atoms with Crippen LogP contribution in [0.15, 0.2) is 11.8 Å². The number of hydrogen-bond donors (Lipinski definition) is 1. The van der Waals surface area contributed by atoms with E-state index in [4.69, 9.17) is 0 Å². The average molecular weight is 141 g/mol. The summed E-state index contributed by atoms with van der Waals surface area (Å²) in [7, 11) is 1.43. The summed E-state index contributed by atoms with van der Waals surface area (Å²) in [6.45, 7) is 0. The smallest absolute Gasteiger partial charge is 0.257 e. The van der Waals surface area contributed by atoms with E-state index in [1.165, 1.54) is 13.4 Å². The van der Waals surface area contributed by atoms with Crippen molar-refractivity contribution >= 4 is 11.8 Å². The van der Waals surface area contributed by atoms with E-state index >= 15 is 0 Å². The quantitative estimate of drug-likeness (QED) is 0.306. The lowest BCUT2D eigenvalue weighted by atomic mass is 10.2. The number of hydrogen-bond acceptors (Lipinski definition) is 3. The van der Waals surface area contributed by atoms with E-state index in [0.717, 1.165) is 0 Å². The van der Waals surface area contributed by atoms with Crippen molar-refractivity contribution in [3.8, 4) is 0 Å². The maximum absolute atomic E-state index is 10.7. The number of rotatable bonds is 1. The second kappa shape index (κ2) is 2.51. The van der Waals surface area contributed by atoms with Gasteiger partial charge in [-0.05, 0) is 0 Å². The van der Waals surface area contributed by atoms with Crippen LogP contribution in [0.3, 0.4) is 0 Å². The zero-order valence-electron chi connectivity index (χ0n) is 5.51. The lowest BCUT2D eigenvalue weighted by Gasteiger charge is -1.88. The molecular formula is C6H7NO3. The van der Waals surface area contributed by atoms with Crippen LogP contribution in [0.4, 0.5) is 0 Å². The van der Waals surface area contributed by atoms with Gasteiger partial charge in [-0.2, -0.15) is 0 Å². The average Bonchev–Trinajstić information content (AvgIpc) is 2.13. The van der Waals surface area contributed by atoms with Crippen molar-refractivity contribution in [1.82, 2.24) is 5.32 Å². The van der Waals surface area contributed by atoms with Gasteiger partial charge < -0.3 is 4.74 Å². The molecule has 10 heavy (non-hydrogen) atoms. The molecule has 1 N–H and O–H groups in total. The monoisotopic (exact) mass is 141 g/mol. The van der Waals surface area contributed by atoms with Crippen molar-refractivity contribution in [1.29, 1.82) is 0 Å². The highest BCUT2D eigenvalue weighted by atomic mass is 16.5. The Morgan fingerprint density at radius 1 is 1.60 bits per heavy atom. The molecule has 2 amide bonds. The fourth-order valence-corrected chi connectivity index (χ4v) is 0.742. The van der Waals surface area contributed by atoms with Gasteiger partial charge in [0.15, 0.2) is 0 Å². The molecule has 0 aromatic heterocycles. The number of carbonyl (C=O) groups excluding carboxylic acids is 2. The van der Waals surface area contributed by atoms with Crippen LogP contribution in [-0.4, -0.2) is 18.9 Å². The minimum Gasteiger partial charge on any atom is -0.504 e. The first-order valence-electron chi connectivity index (χ1n) is 2.80. The molecule has 1 rings (SSSR count). The van der Waals surface area contributed by atoms with Crippen molar-refractivity contribution in [2.75, 3.05) is 7.11 Å². The maximum atomic E-state index is 10.7. The molecule has 0 aromatic carbocycles. The van der Waals surface area contributed by atoms with Gasteiger partial charge in [0.1, 0.15) is 0 Å². The van der Waals surface area contributed by atoms with Gasteiger partial charge in [-0.3, -0.25) is 14.9 Å². The van der Waals surface area contributed by atoms with Gasteiger partial charge >= 0.3 is 0 Å². The molecule has 4 nitrogen and oxygen atoms in total. The van der Waals surface area contributed by atoms with Crippen LogP contribution in [0.2, 0.25) is 0 Å². The van der Waals surface area contributed by atoms with Gasteiger partial charge in [0, 0.05) is 0 Å². The third kappa shape index (κ3) is 1.15. The van der Waals surface area contributed by atoms with Gasteiger partial charge in [0.25, 0.3) is 5.91 Å². The Bertz CT molecular complexity index is 207. The molecule has 0 atom stereocenters. The Hall–Kier alpha value is -1.32. The highest BCUT2D eigenvalue weighted by molar-refractivity contribution is 6.13. The first-order chi connectivity index (χ1) is 4.74. The van der Waals surface area contributed by atoms with Crippen molar-refractivity contribution in [3.05, 3.63) is 11.8 Å². The Kier molecular flexibility index (Phi) is 1.71. The highest BCUT2D eigenvalue weighted by Gasteiger charge is 2.23. The van der Waals surface area contributed by atoms with Crippen LogP contribution in [0.5, 0.6) is 0 Å². The molecule has 1 aliphatic heterocycles. The Morgan fingerprint density at radius 3 is 2.70 bits per heavy atom. The topological polar surface area (TPSA) is 55.4 Å². The molecule has 1 aliphatic rings. The molecular weight excluding hydrogens is 134 g/mol. The Labute approximate surface area is 57.9 Å². The number of carbonyl (C=O) groups is 2. The number of methoxy groups -OCH3 is 1. The summed E-state index contributed by atoms with van der Waals surface area (Å²) < 4.78 is 4.57. The van der Waals surface area contributed by atoms with Crippen LogP contribution >= 0.6 is 0 Å². The minimum absolute atomic E-state index is 0.132. The first-order valence-corrected chi connectivity index (χ1v) is 2.80. The Morgan fingerprint density at radius 2 is 2.30 bits per heavy atom. The van der Waals surface area contributed by atoms with Gasteiger partial charge in [-0.1, -0.05) is 0 Å². The molecule has 54 valence electrons. The van der Waals surface area contributed by atoms with Gasteiger partial charge in [-0.15, -0.1) is 0 Å². The lowest BCUT2D eigenvalue weighted by molar-refractivity contribution is -0.124.